The minimum absolute atomic E-state index is 0.00145. The second kappa shape index (κ2) is 10.4. The summed E-state index contributed by atoms with van der Waals surface area (Å²) in [7, 11) is 0. The number of rotatable bonds is 8. The SMILES string of the molecule is CC(C)(C)OC(=O)[C@H](CC=O)N1CN(Cc2ccccc2)C(=O)N(Cc2ccccc2)C1. The van der Waals surface area contributed by atoms with Gasteiger partial charge in [-0.25, -0.2) is 4.79 Å². The number of nitrogens with zero attached hydrogens (tertiary/aromatic N) is 3. The number of ether oxygens (including phenoxy) is 1. The van der Waals surface area contributed by atoms with Gasteiger partial charge in [-0.15, -0.1) is 0 Å². The molecule has 0 bridgehead atoms. The zero-order valence-corrected chi connectivity index (χ0v) is 18.9. The van der Waals surface area contributed by atoms with Gasteiger partial charge in [-0.3, -0.25) is 9.69 Å². The van der Waals surface area contributed by atoms with Crippen molar-refractivity contribution in [1.82, 2.24) is 14.7 Å². The van der Waals surface area contributed by atoms with Gasteiger partial charge in [0, 0.05) is 19.5 Å². The van der Waals surface area contributed by atoms with Gasteiger partial charge in [0.1, 0.15) is 17.9 Å². The minimum atomic E-state index is -0.767. The molecule has 1 atom stereocenters. The smallest absolute Gasteiger partial charge is 0.324 e. The molecule has 0 unspecified atom stereocenters. The number of benzene rings is 2. The van der Waals surface area contributed by atoms with E-state index in [1.165, 1.54) is 0 Å². The fraction of sp³-hybridized carbons (Fsp3) is 0.400. The van der Waals surface area contributed by atoms with Crippen LogP contribution >= 0.6 is 0 Å². The van der Waals surface area contributed by atoms with Gasteiger partial charge in [-0.2, -0.15) is 0 Å². The highest BCUT2D eigenvalue weighted by atomic mass is 16.6. The third kappa shape index (κ3) is 6.40. The summed E-state index contributed by atoms with van der Waals surface area (Å²) in [5, 5.41) is 0. The summed E-state index contributed by atoms with van der Waals surface area (Å²) in [4.78, 5) is 42.9. The number of hydrogen-bond donors (Lipinski definition) is 0. The number of amides is 2. The van der Waals surface area contributed by atoms with Crippen LogP contribution in [-0.2, 0) is 27.4 Å². The van der Waals surface area contributed by atoms with Crippen molar-refractivity contribution in [3.63, 3.8) is 0 Å². The summed E-state index contributed by atoms with van der Waals surface area (Å²) in [5.41, 5.74) is 1.32. The highest BCUT2D eigenvalue weighted by Crippen LogP contribution is 2.21. The van der Waals surface area contributed by atoms with E-state index in [0.717, 1.165) is 17.4 Å². The molecule has 170 valence electrons. The molecule has 3 rings (SSSR count). The standard InChI is InChI=1S/C25H31N3O4/c1-25(2,3)32-23(30)22(14-15-29)28-18-26(16-20-10-6-4-7-11-20)24(31)27(19-28)17-21-12-8-5-9-13-21/h4-13,15,22H,14,16-19H2,1-3H3/t22-/m0/s1. The van der Waals surface area contributed by atoms with E-state index < -0.39 is 17.6 Å². The lowest BCUT2D eigenvalue weighted by Gasteiger charge is -2.44. The lowest BCUT2D eigenvalue weighted by molar-refractivity contribution is -0.165. The molecular weight excluding hydrogens is 406 g/mol. The molecule has 0 radical (unpaired) electrons. The summed E-state index contributed by atoms with van der Waals surface area (Å²) in [6.45, 7) is 6.67. The molecule has 1 saturated heterocycles. The molecule has 2 amide bonds. The molecule has 1 heterocycles. The minimum Gasteiger partial charge on any atom is -0.459 e. The van der Waals surface area contributed by atoms with Crippen molar-refractivity contribution in [2.45, 2.75) is 51.9 Å². The van der Waals surface area contributed by atoms with E-state index in [4.69, 9.17) is 4.74 Å². The van der Waals surface area contributed by atoms with Crippen LogP contribution in [0.1, 0.15) is 38.3 Å². The first-order valence-corrected chi connectivity index (χ1v) is 10.8. The van der Waals surface area contributed by atoms with Crippen molar-refractivity contribution in [2.24, 2.45) is 0 Å². The van der Waals surface area contributed by atoms with Gasteiger partial charge in [0.15, 0.2) is 0 Å². The van der Waals surface area contributed by atoms with Crippen LogP contribution in [-0.4, -0.2) is 58.0 Å². The lowest BCUT2D eigenvalue weighted by Crippen LogP contribution is -2.61. The Morgan fingerprint density at radius 2 is 1.41 bits per heavy atom. The van der Waals surface area contributed by atoms with Crippen LogP contribution in [0.25, 0.3) is 0 Å². The van der Waals surface area contributed by atoms with Gasteiger partial charge in [-0.05, 0) is 31.9 Å². The summed E-state index contributed by atoms with van der Waals surface area (Å²) in [6, 6.07) is 18.6. The van der Waals surface area contributed by atoms with Crippen LogP contribution in [0.4, 0.5) is 4.79 Å². The molecule has 1 aliphatic rings. The molecule has 2 aromatic rings. The zero-order chi connectivity index (χ0) is 23.1. The number of urea groups is 1. The summed E-state index contributed by atoms with van der Waals surface area (Å²) < 4.78 is 5.58. The van der Waals surface area contributed by atoms with Crippen molar-refractivity contribution >= 4 is 18.3 Å². The Bertz CT molecular complexity index is 858. The van der Waals surface area contributed by atoms with Gasteiger partial charge in [-0.1, -0.05) is 60.7 Å². The molecule has 0 spiro atoms. The average Bonchev–Trinajstić information content (AvgIpc) is 2.75. The number of aldehydes is 1. The second-order valence-electron chi connectivity index (χ2n) is 8.97. The van der Waals surface area contributed by atoms with E-state index in [2.05, 4.69) is 0 Å². The van der Waals surface area contributed by atoms with Crippen LogP contribution < -0.4 is 0 Å². The molecule has 1 aliphatic heterocycles. The molecule has 0 N–H and O–H groups in total. The van der Waals surface area contributed by atoms with Crippen LogP contribution in [0.5, 0.6) is 0 Å². The largest absolute Gasteiger partial charge is 0.459 e. The van der Waals surface area contributed by atoms with Crippen molar-refractivity contribution in [3.05, 3.63) is 71.8 Å². The fourth-order valence-corrected chi connectivity index (χ4v) is 3.70. The van der Waals surface area contributed by atoms with E-state index in [0.29, 0.717) is 13.1 Å². The van der Waals surface area contributed by atoms with Crippen molar-refractivity contribution in [1.29, 1.82) is 0 Å². The average molecular weight is 438 g/mol. The first kappa shape index (κ1) is 23.5. The Balaban J connectivity index is 1.86. The van der Waals surface area contributed by atoms with E-state index >= 15 is 0 Å². The Kier molecular flexibility index (Phi) is 7.64. The summed E-state index contributed by atoms with van der Waals surface area (Å²) in [5.74, 6) is -0.460. The van der Waals surface area contributed by atoms with Crippen LogP contribution in [0.15, 0.2) is 60.7 Å². The molecule has 0 saturated carbocycles. The predicted molar refractivity (Wildman–Crippen MR) is 121 cm³/mol. The number of carbonyl (C=O) groups excluding carboxylic acids is 3. The van der Waals surface area contributed by atoms with Crippen LogP contribution in [0.3, 0.4) is 0 Å². The molecule has 0 aliphatic carbocycles. The molecular formula is C25H31N3O4. The molecule has 2 aromatic carbocycles. The first-order chi connectivity index (χ1) is 15.3. The van der Waals surface area contributed by atoms with E-state index in [1.807, 2.05) is 65.6 Å². The summed E-state index contributed by atoms with van der Waals surface area (Å²) >= 11 is 0. The third-order valence-corrected chi connectivity index (χ3v) is 5.12. The van der Waals surface area contributed by atoms with Gasteiger partial charge in [0.25, 0.3) is 0 Å². The quantitative estimate of drug-likeness (QED) is 0.466. The zero-order valence-electron chi connectivity index (χ0n) is 18.9. The van der Waals surface area contributed by atoms with Crippen LogP contribution in [0, 0.1) is 0 Å². The number of esters is 1. The molecule has 7 heteroatoms. The maximum Gasteiger partial charge on any atom is 0.324 e. The van der Waals surface area contributed by atoms with Gasteiger partial charge in [0.2, 0.25) is 0 Å². The van der Waals surface area contributed by atoms with Crippen LogP contribution in [0.2, 0.25) is 0 Å². The van der Waals surface area contributed by atoms with Crippen molar-refractivity contribution in [2.75, 3.05) is 13.3 Å². The Morgan fingerprint density at radius 3 is 1.81 bits per heavy atom. The number of carbonyl (C=O) groups is 3. The number of hydrogen-bond acceptors (Lipinski definition) is 5. The molecule has 0 aromatic heterocycles. The lowest BCUT2D eigenvalue weighted by atomic mass is 10.1. The topological polar surface area (TPSA) is 70.2 Å². The van der Waals surface area contributed by atoms with Crippen molar-refractivity contribution in [3.8, 4) is 0 Å². The second-order valence-corrected chi connectivity index (χ2v) is 8.97. The van der Waals surface area contributed by atoms with E-state index in [1.54, 1.807) is 30.6 Å². The fourth-order valence-electron chi connectivity index (χ4n) is 3.70. The first-order valence-electron chi connectivity index (χ1n) is 10.8. The molecule has 32 heavy (non-hydrogen) atoms. The van der Waals surface area contributed by atoms with Gasteiger partial charge < -0.3 is 19.3 Å². The predicted octanol–water partition coefficient (Wildman–Crippen LogP) is 3.64. The molecule has 1 fully saturated rings. The monoisotopic (exact) mass is 437 g/mol. The summed E-state index contributed by atoms with van der Waals surface area (Å²) in [6.07, 6.45) is 0.732. The molecule has 7 nitrogen and oxygen atoms in total. The maximum atomic E-state index is 13.3. The van der Waals surface area contributed by atoms with E-state index in [9.17, 15) is 14.4 Å². The van der Waals surface area contributed by atoms with E-state index in [-0.39, 0.29) is 25.8 Å². The normalized spacial score (nSPS) is 16.0. The van der Waals surface area contributed by atoms with Gasteiger partial charge >= 0.3 is 12.0 Å². The highest BCUT2D eigenvalue weighted by Gasteiger charge is 2.38. The van der Waals surface area contributed by atoms with Crippen molar-refractivity contribution < 1.29 is 19.1 Å². The Hall–Kier alpha value is -3.19. The Morgan fingerprint density at radius 1 is 0.938 bits per heavy atom. The Labute approximate surface area is 189 Å². The maximum absolute atomic E-state index is 13.3. The highest BCUT2D eigenvalue weighted by molar-refractivity contribution is 5.80. The third-order valence-electron chi connectivity index (χ3n) is 5.12. The van der Waals surface area contributed by atoms with Gasteiger partial charge in [0.05, 0.1) is 13.3 Å².